The van der Waals surface area contributed by atoms with Crippen LogP contribution in [0, 0.1) is 5.92 Å². The molecule has 1 saturated heterocycles. The summed E-state index contributed by atoms with van der Waals surface area (Å²) >= 11 is 0. The normalized spacial score (nSPS) is 22.1. The summed E-state index contributed by atoms with van der Waals surface area (Å²) in [6.07, 6.45) is -0.237. The standard InChI is InChI=1S/C13H29N3O/c1-11(2)12(3)15(4)9-13(17)10-16-7-5-14-6-8-16/h11-14,17H,5-10H2,1-4H3. The molecule has 2 unspecified atom stereocenters. The van der Waals surface area contributed by atoms with Crippen LogP contribution in [0.2, 0.25) is 0 Å². The Balaban J connectivity index is 2.25. The number of nitrogens with one attached hydrogen (secondary N) is 1. The van der Waals surface area contributed by atoms with Crippen molar-refractivity contribution in [3.05, 3.63) is 0 Å². The molecule has 0 aromatic heterocycles. The summed E-state index contributed by atoms with van der Waals surface area (Å²) in [5.74, 6) is 0.631. The van der Waals surface area contributed by atoms with Crippen molar-refractivity contribution in [2.75, 3.05) is 46.3 Å². The number of aliphatic hydroxyl groups excluding tert-OH is 1. The highest BCUT2D eigenvalue weighted by atomic mass is 16.3. The summed E-state index contributed by atoms with van der Waals surface area (Å²) in [5, 5.41) is 13.4. The fourth-order valence-electron chi connectivity index (χ4n) is 2.26. The topological polar surface area (TPSA) is 38.7 Å². The van der Waals surface area contributed by atoms with Crippen LogP contribution in [-0.4, -0.2) is 73.4 Å². The summed E-state index contributed by atoms with van der Waals surface area (Å²) < 4.78 is 0. The zero-order valence-electron chi connectivity index (χ0n) is 11.8. The van der Waals surface area contributed by atoms with Gasteiger partial charge in [0, 0.05) is 45.3 Å². The van der Waals surface area contributed by atoms with Crippen molar-refractivity contribution in [1.82, 2.24) is 15.1 Å². The van der Waals surface area contributed by atoms with Crippen molar-refractivity contribution in [3.63, 3.8) is 0 Å². The molecular weight excluding hydrogens is 214 g/mol. The Morgan fingerprint density at radius 1 is 1.24 bits per heavy atom. The lowest BCUT2D eigenvalue weighted by Crippen LogP contribution is -2.49. The zero-order chi connectivity index (χ0) is 12.8. The molecule has 0 saturated carbocycles. The third-order valence-corrected chi connectivity index (χ3v) is 3.84. The largest absolute Gasteiger partial charge is 0.390 e. The van der Waals surface area contributed by atoms with Gasteiger partial charge in [-0.05, 0) is 19.9 Å². The van der Waals surface area contributed by atoms with Crippen LogP contribution in [0.1, 0.15) is 20.8 Å². The van der Waals surface area contributed by atoms with E-state index in [0.717, 1.165) is 39.3 Å². The maximum atomic E-state index is 10.1. The molecule has 1 heterocycles. The third kappa shape index (κ3) is 5.34. The van der Waals surface area contributed by atoms with Gasteiger partial charge in [-0.2, -0.15) is 0 Å². The Labute approximate surface area is 106 Å². The lowest BCUT2D eigenvalue weighted by Gasteiger charge is -2.33. The van der Waals surface area contributed by atoms with Crippen LogP contribution in [0.5, 0.6) is 0 Å². The first kappa shape index (κ1) is 14.9. The molecule has 0 aromatic rings. The minimum absolute atomic E-state index is 0.237. The third-order valence-electron chi connectivity index (χ3n) is 3.84. The van der Waals surface area contributed by atoms with Crippen molar-refractivity contribution >= 4 is 0 Å². The number of β-amino-alcohol motifs (C(OH)–C–C–N with tert-alkyl or cyclic N) is 1. The number of piperazine rings is 1. The Hall–Kier alpha value is -0.160. The molecule has 0 spiro atoms. The molecule has 1 aliphatic heterocycles. The Morgan fingerprint density at radius 3 is 2.35 bits per heavy atom. The lowest BCUT2D eigenvalue weighted by atomic mass is 10.0. The second kappa shape index (κ2) is 7.31. The lowest BCUT2D eigenvalue weighted by molar-refractivity contribution is 0.0599. The molecule has 4 nitrogen and oxygen atoms in total. The average Bonchev–Trinajstić information content (AvgIpc) is 2.28. The number of rotatable bonds is 6. The smallest absolute Gasteiger partial charge is 0.0793 e. The van der Waals surface area contributed by atoms with Gasteiger partial charge in [0.15, 0.2) is 0 Å². The highest BCUT2D eigenvalue weighted by molar-refractivity contribution is 4.75. The van der Waals surface area contributed by atoms with Crippen LogP contribution in [0.3, 0.4) is 0 Å². The summed E-state index contributed by atoms with van der Waals surface area (Å²) in [4.78, 5) is 4.60. The van der Waals surface area contributed by atoms with Crippen molar-refractivity contribution in [1.29, 1.82) is 0 Å². The second-order valence-electron chi connectivity index (χ2n) is 5.63. The van der Waals surface area contributed by atoms with Gasteiger partial charge in [0.1, 0.15) is 0 Å². The molecule has 0 bridgehead atoms. The molecule has 0 aliphatic carbocycles. The maximum Gasteiger partial charge on any atom is 0.0793 e. The van der Waals surface area contributed by atoms with E-state index in [-0.39, 0.29) is 6.10 Å². The number of hydrogen-bond donors (Lipinski definition) is 2. The number of aliphatic hydroxyl groups is 1. The Morgan fingerprint density at radius 2 is 1.82 bits per heavy atom. The fourth-order valence-corrected chi connectivity index (χ4v) is 2.26. The van der Waals surface area contributed by atoms with Crippen LogP contribution in [-0.2, 0) is 0 Å². The predicted molar refractivity (Wildman–Crippen MR) is 72.2 cm³/mol. The van der Waals surface area contributed by atoms with Crippen molar-refractivity contribution in [3.8, 4) is 0 Å². The van der Waals surface area contributed by atoms with Crippen molar-refractivity contribution < 1.29 is 5.11 Å². The van der Waals surface area contributed by atoms with E-state index in [1.165, 1.54) is 0 Å². The van der Waals surface area contributed by atoms with Crippen LogP contribution in [0.15, 0.2) is 0 Å². The van der Waals surface area contributed by atoms with Gasteiger partial charge in [-0.3, -0.25) is 4.90 Å². The summed E-state index contributed by atoms with van der Waals surface area (Å²) in [6.45, 7) is 12.5. The minimum Gasteiger partial charge on any atom is -0.390 e. The molecule has 0 amide bonds. The van der Waals surface area contributed by atoms with E-state index in [0.29, 0.717) is 12.0 Å². The molecule has 0 radical (unpaired) electrons. The number of nitrogens with zero attached hydrogens (tertiary/aromatic N) is 2. The highest BCUT2D eigenvalue weighted by Crippen LogP contribution is 2.08. The van der Waals surface area contributed by atoms with E-state index in [1.54, 1.807) is 0 Å². The van der Waals surface area contributed by atoms with E-state index in [9.17, 15) is 5.11 Å². The number of hydrogen-bond acceptors (Lipinski definition) is 4. The number of likely N-dealkylation sites (N-methyl/N-ethyl adjacent to an activating group) is 1. The van der Waals surface area contributed by atoms with Gasteiger partial charge in [0.05, 0.1) is 6.10 Å². The van der Waals surface area contributed by atoms with Gasteiger partial charge >= 0.3 is 0 Å². The summed E-state index contributed by atoms with van der Waals surface area (Å²) in [5.41, 5.74) is 0. The van der Waals surface area contributed by atoms with Gasteiger partial charge < -0.3 is 15.3 Å². The van der Waals surface area contributed by atoms with E-state index in [1.807, 2.05) is 0 Å². The molecule has 102 valence electrons. The van der Waals surface area contributed by atoms with Gasteiger partial charge in [0.2, 0.25) is 0 Å². The first-order valence-corrected chi connectivity index (χ1v) is 6.82. The van der Waals surface area contributed by atoms with Gasteiger partial charge in [-0.25, -0.2) is 0 Å². The molecule has 1 rings (SSSR count). The summed E-state index contributed by atoms with van der Waals surface area (Å²) in [6, 6.07) is 0.521. The monoisotopic (exact) mass is 243 g/mol. The first-order chi connectivity index (χ1) is 8.00. The SMILES string of the molecule is CC(C)C(C)N(C)CC(O)CN1CCNCC1. The second-order valence-corrected chi connectivity index (χ2v) is 5.63. The van der Waals surface area contributed by atoms with Crippen LogP contribution < -0.4 is 5.32 Å². The average molecular weight is 243 g/mol. The van der Waals surface area contributed by atoms with E-state index in [2.05, 4.69) is 42.9 Å². The quantitative estimate of drug-likeness (QED) is 0.700. The summed E-state index contributed by atoms with van der Waals surface area (Å²) in [7, 11) is 2.10. The van der Waals surface area contributed by atoms with Gasteiger partial charge in [-0.15, -0.1) is 0 Å². The van der Waals surface area contributed by atoms with Crippen molar-refractivity contribution in [2.24, 2.45) is 5.92 Å². The van der Waals surface area contributed by atoms with Crippen LogP contribution in [0.4, 0.5) is 0 Å². The fraction of sp³-hybridized carbons (Fsp3) is 1.00. The first-order valence-electron chi connectivity index (χ1n) is 6.82. The zero-order valence-corrected chi connectivity index (χ0v) is 11.8. The molecule has 4 heteroatoms. The highest BCUT2D eigenvalue weighted by Gasteiger charge is 2.19. The molecule has 2 N–H and O–H groups in total. The van der Waals surface area contributed by atoms with E-state index < -0.39 is 0 Å². The molecule has 1 fully saturated rings. The Bertz CT molecular complexity index is 205. The van der Waals surface area contributed by atoms with Crippen LogP contribution in [0.25, 0.3) is 0 Å². The minimum atomic E-state index is -0.237. The van der Waals surface area contributed by atoms with E-state index in [4.69, 9.17) is 0 Å². The van der Waals surface area contributed by atoms with Crippen molar-refractivity contribution in [2.45, 2.75) is 32.9 Å². The maximum absolute atomic E-state index is 10.1. The molecule has 1 aliphatic rings. The van der Waals surface area contributed by atoms with Crippen LogP contribution >= 0.6 is 0 Å². The van der Waals surface area contributed by atoms with Gasteiger partial charge in [-0.1, -0.05) is 13.8 Å². The molecule has 17 heavy (non-hydrogen) atoms. The Kier molecular flexibility index (Phi) is 6.41. The predicted octanol–water partition coefficient (Wildman–Crippen LogP) is 0.229. The molecular formula is C13H29N3O. The van der Waals surface area contributed by atoms with Gasteiger partial charge in [0.25, 0.3) is 0 Å². The molecule has 2 atom stereocenters. The molecule has 0 aromatic carbocycles. The van der Waals surface area contributed by atoms with E-state index >= 15 is 0 Å².